The van der Waals surface area contributed by atoms with Crippen LogP contribution in [0.1, 0.15) is 39.5 Å². The molecule has 5 nitrogen and oxygen atoms in total. The zero-order valence-electron chi connectivity index (χ0n) is 10.6. The first-order chi connectivity index (χ1) is 7.86. The van der Waals surface area contributed by atoms with Crippen molar-refractivity contribution < 1.29 is 24.5 Å². The Hall–Kier alpha value is -1.36. The molecule has 1 aliphatic heterocycles. The lowest BCUT2D eigenvalue weighted by Crippen LogP contribution is -1.97. The van der Waals surface area contributed by atoms with Gasteiger partial charge in [0.05, 0.1) is 13.2 Å². The van der Waals surface area contributed by atoms with Crippen LogP contribution in [0.2, 0.25) is 0 Å². The minimum atomic E-state index is -0.870. The largest absolute Gasteiger partial charge is 0.481 e. The second-order valence-electron chi connectivity index (χ2n) is 3.81. The fourth-order valence-electron chi connectivity index (χ4n) is 0.552. The van der Waals surface area contributed by atoms with Gasteiger partial charge in [0, 0.05) is 12.8 Å². The number of carboxylic acids is 2. The van der Waals surface area contributed by atoms with Crippen molar-refractivity contribution in [1.29, 1.82) is 0 Å². The molecule has 0 amide bonds. The topological polar surface area (TPSA) is 87.1 Å². The van der Waals surface area contributed by atoms with E-state index in [4.69, 9.17) is 10.2 Å². The first-order valence-electron chi connectivity index (χ1n) is 5.49. The van der Waals surface area contributed by atoms with E-state index in [1.54, 1.807) is 0 Å². The van der Waals surface area contributed by atoms with Crippen molar-refractivity contribution in [1.82, 2.24) is 0 Å². The summed E-state index contributed by atoms with van der Waals surface area (Å²) in [4.78, 5) is 19.8. The summed E-state index contributed by atoms with van der Waals surface area (Å²) in [6, 6.07) is 0. The van der Waals surface area contributed by atoms with Crippen LogP contribution in [0.5, 0.6) is 0 Å². The summed E-state index contributed by atoms with van der Waals surface area (Å²) in [6.07, 6.45) is 1.02. The lowest BCUT2D eigenvalue weighted by Gasteiger charge is -1.92. The van der Waals surface area contributed by atoms with Gasteiger partial charge >= 0.3 is 11.9 Å². The molecule has 17 heavy (non-hydrogen) atoms. The molecular formula is C12H22O5. The molecule has 5 heteroatoms. The predicted octanol–water partition coefficient (Wildman–Crippen LogP) is 2.31. The molecule has 2 N–H and O–H groups in total. The Morgan fingerprint density at radius 1 is 1.06 bits per heavy atom. The van der Waals surface area contributed by atoms with E-state index in [1.165, 1.54) is 5.57 Å². The van der Waals surface area contributed by atoms with E-state index in [2.05, 4.69) is 11.3 Å². The minimum absolute atomic E-state index is 0.0628. The number of hydrogen-bond donors (Lipinski definition) is 2. The molecule has 0 aromatic heterocycles. The second-order valence-corrected chi connectivity index (χ2v) is 3.81. The Balaban J connectivity index is 0. The predicted molar refractivity (Wildman–Crippen MR) is 65.0 cm³/mol. The number of carbonyl (C=O) groups is 2. The van der Waals surface area contributed by atoms with Crippen LogP contribution in [-0.4, -0.2) is 35.4 Å². The SMILES string of the molecule is C1CO1.C=C(C)C.O=C(O)CCCCC(=O)O. The number of epoxide rings is 1. The summed E-state index contributed by atoms with van der Waals surface area (Å²) in [6.45, 7) is 9.50. The summed E-state index contributed by atoms with van der Waals surface area (Å²) < 4.78 is 4.50. The van der Waals surface area contributed by atoms with Gasteiger partial charge in [-0.25, -0.2) is 0 Å². The van der Waals surface area contributed by atoms with Gasteiger partial charge in [-0.3, -0.25) is 9.59 Å². The first-order valence-corrected chi connectivity index (χ1v) is 5.49. The molecule has 0 aromatic carbocycles. The van der Waals surface area contributed by atoms with E-state index >= 15 is 0 Å². The molecule has 0 saturated carbocycles. The van der Waals surface area contributed by atoms with Crippen molar-refractivity contribution in [2.45, 2.75) is 39.5 Å². The number of allylic oxidation sites excluding steroid dienone is 1. The highest BCUT2D eigenvalue weighted by Crippen LogP contribution is 1.98. The molecule has 1 saturated heterocycles. The maximum atomic E-state index is 9.90. The molecule has 0 bridgehead atoms. The van der Waals surface area contributed by atoms with Crippen LogP contribution in [0.4, 0.5) is 0 Å². The third-order valence-corrected chi connectivity index (χ3v) is 1.24. The summed E-state index contributed by atoms with van der Waals surface area (Å²) >= 11 is 0. The van der Waals surface area contributed by atoms with E-state index in [-0.39, 0.29) is 12.8 Å². The number of unbranched alkanes of at least 4 members (excludes halogenated alkanes) is 1. The Morgan fingerprint density at radius 3 is 1.41 bits per heavy atom. The molecular weight excluding hydrogens is 224 g/mol. The molecule has 0 aromatic rings. The fraction of sp³-hybridized carbons (Fsp3) is 0.667. The van der Waals surface area contributed by atoms with E-state index in [1.807, 2.05) is 13.8 Å². The lowest BCUT2D eigenvalue weighted by atomic mass is 10.2. The Kier molecular flexibility index (Phi) is 13.5. The van der Waals surface area contributed by atoms with Gasteiger partial charge in [0.2, 0.25) is 0 Å². The van der Waals surface area contributed by atoms with Gasteiger partial charge in [-0.15, -0.1) is 6.58 Å². The average Bonchev–Trinajstić information content (AvgIpc) is 2.97. The van der Waals surface area contributed by atoms with Crippen molar-refractivity contribution in [2.75, 3.05) is 13.2 Å². The highest BCUT2D eigenvalue weighted by Gasteiger charge is 1.99. The number of rotatable bonds is 5. The van der Waals surface area contributed by atoms with Gasteiger partial charge in [-0.2, -0.15) is 0 Å². The molecule has 1 rings (SSSR count). The van der Waals surface area contributed by atoms with E-state index in [9.17, 15) is 9.59 Å². The second kappa shape index (κ2) is 12.7. The summed E-state index contributed by atoms with van der Waals surface area (Å²) in [5.41, 5.74) is 1.17. The smallest absolute Gasteiger partial charge is 0.303 e. The molecule has 1 aliphatic rings. The lowest BCUT2D eigenvalue weighted by molar-refractivity contribution is -0.139. The van der Waals surface area contributed by atoms with Crippen LogP contribution < -0.4 is 0 Å². The highest BCUT2D eigenvalue weighted by molar-refractivity contribution is 5.67. The van der Waals surface area contributed by atoms with Crippen LogP contribution in [0.3, 0.4) is 0 Å². The molecule has 0 atom stereocenters. The standard InChI is InChI=1S/C6H10O4.C4H8.C2H4O/c7-5(8)3-1-2-4-6(9)10;1-4(2)3;1-2-3-1/h1-4H2,(H,7,8)(H,9,10);1H2,2-3H3;1-2H2. The Bertz CT molecular complexity index is 210. The number of aliphatic carboxylic acids is 2. The quantitative estimate of drug-likeness (QED) is 0.441. The maximum Gasteiger partial charge on any atom is 0.303 e. The third-order valence-electron chi connectivity index (χ3n) is 1.24. The number of hydrogen-bond acceptors (Lipinski definition) is 3. The summed E-state index contributed by atoms with van der Waals surface area (Å²) in [5, 5.41) is 16.3. The third kappa shape index (κ3) is 53.1. The van der Waals surface area contributed by atoms with Crippen molar-refractivity contribution in [3.63, 3.8) is 0 Å². The van der Waals surface area contributed by atoms with Crippen LogP contribution >= 0.6 is 0 Å². The van der Waals surface area contributed by atoms with Crippen LogP contribution in [0.25, 0.3) is 0 Å². The van der Waals surface area contributed by atoms with Crippen molar-refractivity contribution in [2.24, 2.45) is 0 Å². The van der Waals surface area contributed by atoms with Gasteiger partial charge in [0.25, 0.3) is 0 Å². The van der Waals surface area contributed by atoms with Crippen LogP contribution in [-0.2, 0) is 14.3 Å². The van der Waals surface area contributed by atoms with Gasteiger partial charge < -0.3 is 14.9 Å². The molecule has 0 radical (unpaired) electrons. The fourth-order valence-corrected chi connectivity index (χ4v) is 0.552. The van der Waals surface area contributed by atoms with E-state index < -0.39 is 11.9 Å². The Labute approximate surface area is 102 Å². The molecule has 0 spiro atoms. The van der Waals surface area contributed by atoms with Gasteiger partial charge in [0.15, 0.2) is 0 Å². The zero-order valence-corrected chi connectivity index (χ0v) is 10.6. The molecule has 1 heterocycles. The average molecular weight is 246 g/mol. The van der Waals surface area contributed by atoms with Crippen LogP contribution in [0, 0.1) is 0 Å². The van der Waals surface area contributed by atoms with Crippen LogP contribution in [0.15, 0.2) is 12.2 Å². The molecule has 0 aliphatic carbocycles. The Morgan fingerprint density at radius 2 is 1.29 bits per heavy atom. The highest BCUT2D eigenvalue weighted by atomic mass is 16.6. The van der Waals surface area contributed by atoms with Gasteiger partial charge in [0.1, 0.15) is 0 Å². The van der Waals surface area contributed by atoms with E-state index in [0.717, 1.165) is 13.2 Å². The normalized spacial score (nSPS) is 11.2. The summed E-state index contributed by atoms with van der Waals surface area (Å²) in [5.74, 6) is -1.74. The number of carboxylic acid groups (broad SMARTS) is 2. The summed E-state index contributed by atoms with van der Waals surface area (Å²) in [7, 11) is 0. The van der Waals surface area contributed by atoms with Crippen molar-refractivity contribution in [3.8, 4) is 0 Å². The molecule has 100 valence electrons. The minimum Gasteiger partial charge on any atom is -0.481 e. The van der Waals surface area contributed by atoms with Crippen molar-refractivity contribution >= 4 is 11.9 Å². The molecule has 1 fully saturated rings. The van der Waals surface area contributed by atoms with Gasteiger partial charge in [-0.1, -0.05) is 5.57 Å². The van der Waals surface area contributed by atoms with Crippen molar-refractivity contribution in [3.05, 3.63) is 12.2 Å². The molecule has 0 unspecified atom stereocenters. The zero-order chi connectivity index (χ0) is 13.7. The first kappa shape index (κ1) is 18.0. The van der Waals surface area contributed by atoms with Gasteiger partial charge in [-0.05, 0) is 26.7 Å². The number of ether oxygens (including phenoxy) is 1. The monoisotopic (exact) mass is 246 g/mol. The van der Waals surface area contributed by atoms with E-state index in [0.29, 0.717) is 12.8 Å². The maximum absolute atomic E-state index is 9.90.